The van der Waals surface area contributed by atoms with E-state index in [4.69, 9.17) is 4.74 Å². The van der Waals surface area contributed by atoms with Crippen LogP contribution in [0.25, 0.3) is 0 Å². The number of hydrogen-bond acceptors (Lipinski definition) is 3. The summed E-state index contributed by atoms with van der Waals surface area (Å²) in [5.41, 5.74) is 1.23. The van der Waals surface area contributed by atoms with Crippen LogP contribution in [0.4, 0.5) is 0 Å². The monoisotopic (exact) mass is 354 g/mol. The first-order chi connectivity index (χ1) is 10.1. The van der Waals surface area contributed by atoms with Crippen molar-refractivity contribution in [2.75, 3.05) is 26.7 Å². The lowest BCUT2D eigenvalue weighted by Gasteiger charge is -2.20. The molecule has 21 heavy (non-hydrogen) atoms. The molecule has 1 saturated carbocycles. The van der Waals surface area contributed by atoms with Crippen LogP contribution < -0.4 is 10.1 Å². The molecule has 1 aromatic carbocycles. The van der Waals surface area contributed by atoms with E-state index in [1.807, 2.05) is 0 Å². The van der Waals surface area contributed by atoms with Gasteiger partial charge in [-0.1, -0.05) is 22.9 Å². The van der Waals surface area contributed by atoms with Crippen LogP contribution in [0.5, 0.6) is 5.75 Å². The second-order valence-corrected chi connectivity index (χ2v) is 6.83. The summed E-state index contributed by atoms with van der Waals surface area (Å²) in [4.78, 5) is 2.40. The molecule has 1 N–H and O–H groups in total. The minimum Gasteiger partial charge on any atom is -0.492 e. The van der Waals surface area contributed by atoms with Crippen molar-refractivity contribution in [2.45, 2.75) is 45.2 Å². The third kappa shape index (κ3) is 5.28. The maximum Gasteiger partial charge on any atom is 0.124 e. The Kier molecular flexibility index (Phi) is 6.52. The summed E-state index contributed by atoms with van der Waals surface area (Å²) >= 11 is 3.56. The molecule has 1 aliphatic carbocycles. The van der Waals surface area contributed by atoms with Gasteiger partial charge in [0.2, 0.25) is 0 Å². The summed E-state index contributed by atoms with van der Waals surface area (Å²) in [5, 5.41) is 3.53. The topological polar surface area (TPSA) is 24.5 Å². The summed E-state index contributed by atoms with van der Waals surface area (Å²) in [6.45, 7) is 7.16. The Hall–Kier alpha value is -0.580. The molecule has 0 amide bonds. The molecule has 0 spiro atoms. The Morgan fingerprint density at radius 3 is 2.86 bits per heavy atom. The third-order valence-electron chi connectivity index (χ3n) is 4.01. The van der Waals surface area contributed by atoms with Gasteiger partial charge in [0.05, 0.1) is 0 Å². The minimum absolute atomic E-state index is 0.304. The molecule has 1 fully saturated rings. The van der Waals surface area contributed by atoms with E-state index in [0.717, 1.165) is 42.4 Å². The van der Waals surface area contributed by atoms with Crippen molar-refractivity contribution in [3.05, 3.63) is 28.2 Å². The first-order valence-corrected chi connectivity index (χ1v) is 8.77. The summed E-state index contributed by atoms with van der Waals surface area (Å²) in [6, 6.07) is 7.38. The van der Waals surface area contributed by atoms with E-state index in [2.05, 4.69) is 65.2 Å². The number of halogens is 1. The number of nitrogens with zero attached hydrogens (tertiary/aromatic N) is 1. The second-order valence-electron chi connectivity index (χ2n) is 5.92. The quantitative estimate of drug-likeness (QED) is 0.725. The van der Waals surface area contributed by atoms with Crippen LogP contribution in [0.3, 0.4) is 0 Å². The first-order valence-electron chi connectivity index (χ1n) is 7.97. The van der Waals surface area contributed by atoms with Crippen LogP contribution in [0.2, 0.25) is 0 Å². The van der Waals surface area contributed by atoms with Gasteiger partial charge in [0.15, 0.2) is 0 Å². The van der Waals surface area contributed by atoms with Crippen LogP contribution in [-0.2, 0) is 0 Å². The molecule has 0 heterocycles. The molecule has 1 aliphatic rings. The number of benzene rings is 1. The van der Waals surface area contributed by atoms with E-state index in [0.29, 0.717) is 6.04 Å². The summed E-state index contributed by atoms with van der Waals surface area (Å²) in [7, 11) is 2.19. The number of ether oxygens (including phenoxy) is 1. The first kappa shape index (κ1) is 16.8. The average Bonchev–Trinajstić information content (AvgIpc) is 3.30. The molecule has 1 aromatic rings. The Morgan fingerprint density at radius 2 is 2.19 bits per heavy atom. The normalized spacial score (nSPS) is 16.2. The van der Waals surface area contributed by atoms with Crippen LogP contribution in [0.1, 0.15) is 44.7 Å². The van der Waals surface area contributed by atoms with Gasteiger partial charge in [-0.15, -0.1) is 0 Å². The second kappa shape index (κ2) is 8.16. The Morgan fingerprint density at radius 1 is 1.43 bits per heavy atom. The highest BCUT2D eigenvalue weighted by molar-refractivity contribution is 9.10. The highest BCUT2D eigenvalue weighted by Gasteiger charge is 2.25. The summed E-state index contributed by atoms with van der Waals surface area (Å²) in [5.74, 6) is 0.999. The van der Waals surface area contributed by atoms with Crippen LogP contribution in [0.15, 0.2) is 22.7 Å². The van der Waals surface area contributed by atoms with Gasteiger partial charge < -0.3 is 15.0 Å². The van der Waals surface area contributed by atoms with Crippen molar-refractivity contribution in [1.29, 1.82) is 0 Å². The lowest BCUT2D eigenvalue weighted by molar-refractivity contribution is 0.229. The fourth-order valence-electron chi connectivity index (χ4n) is 2.46. The third-order valence-corrected chi connectivity index (χ3v) is 4.50. The lowest BCUT2D eigenvalue weighted by Crippen LogP contribution is -2.26. The number of rotatable bonds is 9. The van der Waals surface area contributed by atoms with E-state index in [1.54, 1.807) is 0 Å². The highest BCUT2D eigenvalue weighted by Crippen LogP contribution is 2.29. The lowest BCUT2D eigenvalue weighted by atomic mass is 10.1. The SMILES string of the molecule is CCCNC(C)c1cc(Br)ccc1OCCN(C)C1CC1. The predicted molar refractivity (Wildman–Crippen MR) is 92.0 cm³/mol. The van der Waals surface area contributed by atoms with E-state index in [9.17, 15) is 0 Å². The van der Waals surface area contributed by atoms with Crippen molar-refractivity contribution in [1.82, 2.24) is 10.2 Å². The summed E-state index contributed by atoms with van der Waals surface area (Å²) < 4.78 is 7.14. The zero-order valence-corrected chi connectivity index (χ0v) is 14.9. The summed E-state index contributed by atoms with van der Waals surface area (Å²) in [6.07, 6.45) is 3.83. The molecule has 0 aliphatic heterocycles. The van der Waals surface area contributed by atoms with E-state index in [1.165, 1.54) is 18.4 Å². The van der Waals surface area contributed by atoms with Crippen LogP contribution >= 0.6 is 15.9 Å². The van der Waals surface area contributed by atoms with Crippen molar-refractivity contribution in [3.63, 3.8) is 0 Å². The van der Waals surface area contributed by atoms with E-state index in [-0.39, 0.29) is 0 Å². The van der Waals surface area contributed by atoms with Gasteiger partial charge >= 0.3 is 0 Å². The van der Waals surface area contributed by atoms with Gasteiger partial charge in [-0.05, 0) is 58.0 Å². The number of hydrogen-bond donors (Lipinski definition) is 1. The van der Waals surface area contributed by atoms with Gasteiger partial charge in [0.25, 0.3) is 0 Å². The molecular weight excluding hydrogens is 328 g/mol. The maximum atomic E-state index is 6.04. The average molecular weight is 355 g/mol. The predicted octanol–water partition coefficient (Wildman–Crippen LogP) is 3.98. The zero-order valence-electron chi connectivity index (χ0n) is 13.4. The number of nitrogens with one attached hydrogen (secondary N) is 1. The Balaban J connectivity index is 1.93. The Labute approximate surface area is 137 Å². The van der Waals surface area contributed by atoms with E-state index < -0.39 is 0 Å². The fraction of sp³-hybridized carbons (Fsp3) is 0.647. The molecule has 3 nitrogen and oxygen atoms in total. The molecule has 2 rings (SSSR count). The van der Waals surface area contributed by atoms with Crippen molar-refractivity contribution < 1.29 is 4.74 Å². The molecule has 118 valence electrons. The van der Waals surface area contributed by atoms with Crippen molar-refractivity contribution >= 4 is 15.9 Å². The molecular formula is C17H27BrN2O. The van der Waals surface area contributed by atoms with Gasteiger partial charge in [-0.25, -0.2) is 0 Å². The standard InChI is InChI=1S/C17H27BrN2O/c1-4-9-19-13(2)16-12-14(18)5-8-17(16)21-11-10-20(3)15-6-7-15/h5,8,12-13,15,19H,4,6-7,9-11H2,1-3H3. The highest BCUT2D eigenvalue weighted by atomic mass is 79.9. The smallest absolute Gasteiger partial charge is 0.124 e. The van der Waals surface area contributed by atoms with Gasteiger partial charge in [0.1, 0.15) is 12.4 Å². The minimum atomic E-state index is 0.304. The van der Waals surface area contributed by atoms with Crippen molar-refractivity contribution in [3.8, 4) is 5.75 Å². The molecule has 0 radical (unpaired) electrons. The molecule has 1 atom stereocenters. The Bertz CT molecular complexity index is 448. The molecule has 4 heteroatoms. The number of likely N-dealkylation sites (N-methyl/N-ethyl adjacent to an activating group) is 1. The largest absolute Gasteiger partial charge is 0.492 e. The van der Waals surface area contributed by atoms with Crippen molar-refractivity contribution in [2.24, 2.45) is 0 Å². The fourth-order valence-corrected chi connectivity index (χ4v) is 2.84. The van der Waals surface area contributed by atoms with Gasteiger partial charge in [-0.2, -0.15) is 0 Å². The van der Waals surface area contributed by atoms with E-state index >= 15 is 0 Å². The molecule has 0 aromatic heterocycles. The zero-order chi connectivity index (χ0) is 15.2. The maximum absolute atomic E-state index is 6.04. The molecule has 0 saturated heterocycles. The van der Waals surface area contributed by atoms with Gasteiger partial charge in [0, 0.05) is 28.7 Å². The van der Waals surface area contributed by atoms with Crippen LogP contribution in [0, 0.1) is 0 Å². The van der Waals surface area contributed by atoms with Gasteiger partial charge in [-0.3, -0.25) is 0 Å². The van der Waals surface area contributed by atoms with Crippen LogP contribution in [-0.4, -0.2) is 37.7 Å². The molecule has 0 bridgehead atoms. The molecule has 1 unspecified atom stereocenters.